The highest BCUT2D eigenvalue weighted by atomic mass is 16.3. The molecule has 0 aromatic heterocycles. The Morgan fingerprint density at radius 3 is 1.89 bits per heavy atom. The molecule has 19 heavy (non-hydrogen) atoms. The van der Waals surface area contributed by atoms with E-state index in [1.165, 1.54) is 38.5 Å². The summed E-state index contributed by atoms with van der Waals surface area (Å²) in [6.07, 6.45) is 8.25. The minimum absolute atomic E-state index is 0.0942. The zero-order valence-electron chi connectivity index (χ0n) is 12.9. The normalized spacial score (nSPS) is 42.3. The molecule has 4 saturated carbocycles. The maximum absolute atomic E-state index is 10.9. The minimum Gasteiger partial charge on any atom is -0.391 e. The monoisotopic (exact) mass is 265 g/mol. The fraction of sp³-hybridized carbons (Fsp3) is 1.00. The van der Waals surface area contributed by atoms with Crippen molar-refractivity contribution in [3.8, 4) is 0 Å². The van der Waals surface area contributed by atoms with E-state index in [1.807, 2.05) is 0 Å². The van der Waals surface area contributed by atoms with Crippen LogP contribution in [0.1, 0.15) is 59.3 Å². The molecule has 0 heterocycles. The zero-order valence-corrected chi connectivity index (χ0v) is 12.9. The van der Waals surface area contributed by atoms with Crippen LogP contribution >= 0.6 is 0 Å². The smallest absolute Gasteiger partial charge is 0.0723 e. The summed E-state index contributed by atoms with van der Waals surface area (Å²) in [6.45, 7) is 8.65. The van der Waals surface area contributed by atoms with Crippen LogP contribution in [0, 0.1) is 23.2 Å². The summed E-state index contributed by atoms with van der Waals surface area (Å²) in [5, 5.41) is 10.9. The number of hydrogen-bond acceptors (Lipinski definition) is 2. The Morgan fingerprint density at radius 1 is 1.05 bits per heavy atom. The van der Waals surface area contributed by atoms with Gasteiger partial charge in [-0.1, -0.05) is 6.92 Å². The van der Waals surface area contributed by atoms with Gasteiger partial charge in [-0.3, -0.25) is 4.90 Å². The molecule has 0 radical (unpaired) electrons. The maximum atomic E-state index is 10.9. The average molecular weight is 265 g/mol. The van der Waals surface area contributed by atoms with E-state index in [0.717, 1.165) is 30.8 Å². The third-order valence-electron chi connectivity index (χ3n) is 6.34. The fourth-order valence-electron chi connectivity index (χ4n) is 5.71. The summed E-state index contributed by atoms with van der Waals surface area (Å²) in [5.74, 6) is 2.82. The molecular formula is C17H31NO. The molecule has 0 spiro atoms. The molecule has 4 aliphatic carbocycles. The van der Waals surface area contributed by atoms with Crippen molar-refractivity contribution >= 4 is 0 Å². The first kappa shape index (κ1) is 13.9. The van der Waals surface area contributed by atoms with Gasteiger partial charge in [-0.05, 0) is 82.1 Å². The molecule has 1 unspecified atom stereocenters. The van der Waals surface area contributed by atoms with Gasteiger partial charge >= 0.3 is 0 Å². The molecule has 0 aromatic carbocycles. The van der Waals surface area contributed by atoms with Crippen LogP contribution in [-0.2, 0) is 0 Å². The number of aliphatic hydroxyl groups excluding tert-OH is 1. The molecule has 4 rings (SSSR count). The number of nitrogens with zero attached hydrogens (tertiary/aromatic N) is 1. The highest BCUT2D eigenvalue weighted by molar-refractivity contribution is 5.04. The molecule has 0 aromatic rings. The summed E-state index contributed by atoms with van der Waals surface area (Å²) < 4.78 is 0. The van der Waals surface area contributed by atoms with Crippen LogP contribution in [-0.4, -0.2) is 35.2 Å². The third kappa shape index (κ3) is 2.47. The van der Waals surface area contributed by atoms with Gasteiger partial charge in [-0.25, -0.2) is 0 Å². The van der Waals surface area contributed by atoms with Gasteiger partial charge in [0.25, 0.3) is 0 Å². The van der Waals surface area contributed by atoms with Crippen LogP contribution in [0.2, 0.25) is 0 Å². The van der Waals surface area contributed by atoms with Crippen molar-refractivity contribution in [1.82, 2.24) is 4.90 Å². The van der Waals surface area contributed by atoms with E-state index in [0.29, 0.717) is 6.04 Å². The van der Waals surface area contributed by atoms with Crippen LogP contribution in [0.3, 0.4) is 0 Å². The van der Waals surface area contributed by atoms with Gasteiger partial charge in [0.1, 0.15) is 0 Å². The van der Waals surface area contributed by atoms with Crippen molar-refractivity contribution in [2.75, 3.05) is 13.1 Å². The van der Waals surface area contributed by atoms with Gasteiger partial charge < -0.3 is 5.11 Å². The second-order valence-corrected chi connectivity index (χ2v) is 7.98. The molecule has 2 heteroatoms. The molecule has 4 aliphatic rings. The van der Waals surface area contributed by atoms with E-state index in [-0.39, 0.29) is 11.5 Å². The second-order valence-electron chi connectivity index (χ2n) is 7.98. The van der Waals surface area contributed by atoms with Gasteiger partial charge in [-0.2, -0.15) is 0 Å². The van der Waals surface area contributed by atoms with Crippen LogP contribution in [0.25, 0.3) is 0 Å². The van der Waals surface area contributed by atoms with Gasteiger partial charge in [0, 0.05) is 12.6 Å². The first-order valence-electron chi connectivity index (χ1n) is 8.44. The standard InChI is InChI=1S/C17H31NO/c1-4-18(12(2)3)11-16(19)17-8-13-5-14(9-17)7-15(6-13)10-17/h12-16,19H,4-11H2,1-3H3. The van der Waals surface area contributed by atoms with Crippen LogP contribution < -0.4 is 0 Å². The Kier molecular flexibility index (Phi) is 3.68. The largest absolute Gasteiger partial charge is 0.391 e. The summed E-state index contributed by atoms with van der Waals surface area (Å²) in [6, 6.07) is 0.550. The average Bonchev–Trinajstić information content (AvgIpc) is 2.33. The highest BCUT2D eigenvalue weighted by Gasteiger charge is 2.54. The number of likely N-dealkylation sites (N-methyl/N-ethyl adjacent to an activating group) is 1. The molecule has 2 nitrogen and oxygen atoms in total. The van der Waals surface area contributed by atoms with Gasteiger partial charge in [-0.15, -0.1) is 0 Å². The quantitative estimate of drug-likeness (QED) is 0.824. The molecule has 110 valence electrons. The van der Waals surface area contributed by atoms with Gasteiger partial charge in [0.15, 0.2) is 0 Å². The Bertz CT molecular complexity index is 290. The van der Waals surface area contributed by atoms with Crippen LogP contribution in [0.15, 0.2) is 0 Å². The van der Waals surface area contributed by atoms with Crippen molar-refractivity contribution in [3.05, 3.63) is 0 Å². The molecule has 0 saturated heterocycles. The molecule has 0 aliphatic heterocycles. The lowest BCUT2D eigenvalue weighted by atomic mass is 9.48. The van der Waals surface area contributed by atoms with E-state index < -0.39 is 0 Å². The molecule has 1 atom stereocenters. The molecule has 4 fully saturated rings. The predicted molar refractivity (Wildman–Crippen MR) is 79.0 cm³/mol. The first-order valence-corrected chi connectivity index (χ1v) is 8.44. The van der Waals surface area contributed by atoms with Crippen molar-refractivity contribution in [2.45, 2.75) is 71.4 Å². The molecular weight excluding hydrogens is 234 g/mol. The van der Waals surface area contributed by atoms with E-state index in [9.17, 15) is 5.11 Å². The van der Waals surface area contributed by atoms with Gasteiger partial charge in [0.2, 0.25) is 0 Å². The predicted octanol–water partition coefficient (Wildman–Crippen LogP) is 3.29. The highest BCUT2D eigenvalue weighted by Crippen LogP contribution is 2.61. The van der Waals surface area contributed by atoms with Crippen LogP contribution in [0.4, 0.5) is 0 Å². The Hall–Kier alpha value is -0.0800. The van der Waals surface area contributed by atoms with Crippen molar-refractivity contribution in [2.24, 2.45) is 23.2 Å². The lowest BCUT2D eigenvalue weighted by Crippen LogP contribution is -2.55. The summed E-state index contributed by atoms with van der Waals surface area (Å²) in [4.78, 5) is 2.43. The Balaban J connectivity index is 1.70. The first-order chi connectivity index (χ1) is 9.02. The lowest BCUT2D eigenvalue weighted by molar-refractivity contribution is -0.128. The summed E-state index contributed by atoms with van der Waals surface area (Å²) >= 11 is 0. The lowest BCUT2D eigenvalue weighted by Gasteiger charge is -2.58. The van der Waals surface area contributed by atoms with Gasteiger partial charge in [0.05, 0.1) is 6.10 Å². The third-order valence-corrected chi connectivity index (χ3v) is 6.34. The topological polar surface area (TPSA) is 23.5 Å². The summed E-state index contributed by atoms with van der Waals surface area (Å²) in [5.41, 5.74) is 0.289. The SMILES string of the molecule is CCN(CC(O)C12CC3CC(CC(C3)C1)C2)C(C)C. The molecule has 4 bridgehead atoms. The van der Waals surface area contributed by atoms with Crippen LogP contribution in [0.5, 0.6) is 0 Å². The Morgan fingerprint density at radius 2 is 1.53 bits per heavy atom. The van der Waals surface area contributed by atoms with Crippen molar-refractivity contribution in [3.63, 3.8) is 0 Å². The second kappa shape index (κ2) is 5.04. The van der Waals surface area contributed by atoms with E-state index in [4.69, 9.17) is 0 Å². The van der Waals surface area contributed by atoms with E-state index in [2.05, 4.69) is 25.7 Å². The van der Waals surface area contributed by atoms with Crippen molar-refractivity contribution in [1.29, 1.82) is 0 Å². The minimum atomic E-state index is -0.0942. The number of aliphatic hydroxyl groups is 1. The van der Waals surface area contributed by atoms with E-state index in [1.54, 1.807) is 0 Å². The zero-order chi connectivity index (χ0) is 13.6. The summed E-state index contributed by atoms with van der Waals surface area (Å²) in [7, 11) is 0. The fourth-order valence-corrected chi connectivity index (χ4v) is 5.71. The van der Waals surface area contributed by atoms with E-state index >= 15 is 0 Å². The number of rotatable bonds is 5. The molecule has 0 amide bonds. The maximum Gasteiger partial charge on any atom is 0.0723 e. The molecule has 1 N–H and O–H groups in total. The Labute approximate surface area is 118 Å². The number of hydrogen-bond donors (Lipinski definition) is 1. The van der Waals surface area contributed by atoms with Crippen molar-refractivity contribution < 1.29 is 5.11 Å².